The summed E-state index contributed by atoms with van der Waals surface area (Å²) in [4.78, 5) is 28.6. The van der Waals surface area contributed by atoms with Crippen LogP contribution in [0.4, 0.5) is 4.79 Å². The number of methoxy groups -OCH3 is 1. The monoisotopic (exact) mass is 465 g/mol. The maximum Gasteiger partial charge on any atom is 0.321 e. The molecule has 2 aliphatic rings. The number of carbonyl (C=O) groups excluding carboxylic acids is 2. The van der Waals surface area contributed by atoms with Gasteiger partial charge in [0.1, 0.15) is 19.1 Å². The molecule has 1 unspecified atom stereocenters. The number of benzene rings is 2. The van der Waals surface area contributed by atoms with E-state index in [0.29, 0.717) is 32.1 Å². The highest BCUT2D eigenvalue weighted by Gasteiger charge is 2.32. The Bertz CT molecular complexity index is 944. The van der Waals surface area contributed by atoms with Gasteiger partial charge in [-0.2, -0.15) is 0 Å². The van der Waals surface area contributed by atoms with E-state index < -0.39 is 0 Å². The Morgan fingerprint density at radius 2 is 1.76 bits per heavy atom. The topological polar surface area (TPSA) is 71.1 Å². The molecule has 3 amide bonds. The fraction of sp³-hybridized carbons (Fsp3) is 0.481. The summed E-state index contributed by atoms with van der Waals surface area (Å²) in [6.45, 7) is 2.85. The molecule has 0 saturated carbocycles. The lowest BCUT2D eigenvalue weighted by Crippen LogP contribution is -2.49. The van der Waals surface area contributed by atoms with Crippen molar-refractivity contribution in [3.63, 3.8) is 0 Å². The molecular formula is C27H35N3O4. The molecule has 2 aromatic carbocycles. The van der Waals surface area contributed by atoms with Crippen LogP contribution in [0.2, 0.25) is 0 Å². The van der Waals surface area contributed by atoms with Gasteiger partial charge in [-0.3, -0.25) is 4.79 Å². The van der Waals surface area contributed by atoms with Gasteiger partial charge in [-0.05, 0) is 54.9 Å². The Kier molecular flexibility index (Phi) is 8.41. The summed E-state index contributed by atoms with van der Waals surface area (Å²) in [5.74, 6) is 1.42. The van der Waals surface area contributed by atoms with Crippen LogP contribution in [0.1, 0.15) is 42.7 Å². The van der Waals surface area contributed by atoms with Gasteiger partial charge in [0.2, 0.25) is 5.91 Å². The molecule has 0 bridgehead atoms. The molecule has 0 aromatic heterocycles. The summed E-state index contributed by atoms with van der Waals surface area (Å²) in [5, 5.41) is 2.82. The Labute approximate surface area is 202 Å². The highest BCUT2D eigenvalue weighted by Crippen LogP contribution is 2.39. The highest BCUT2D eigenvalue weighted by atomic mass is 16.5. The number of urea groups is 1. The predicted octanol–water partition coefficient (Wildman–Crippen LogP) is 3.85. The van der Waals surface area contributed by atoms with E-state index in [4.69, 9.17) is 9.47 Å². The van der Waals surface area contributed by atoms with E-state index in [1.807, 2.05) is 17.0 Å². The van der Waals surface area contributed by atoms with E-state index in [2.05, 4.69) is 47.8 Å². The molecule has 34 heavy (non-hydrogen) atoms. The lowest BCUT2D eigenvalue weighted by atomic mass is 9.76. The molecule has 0 spiro atoms. The van der Waals surface area contributed by atoms with Gasteiger partial charge < -0.3 is 24.6 Å². The van der Waals surface area contributed by atoms with Crippen molar-refractivity contribution in [2.45, 2.75) is 31.6 Å². The maximum atomic E-state index is 13.3. The van der Waals surface area contributed by atoms with Gasteiger partial charge in [-0.15, -0.1) is 0 Å². The number of likely N-dealkylation sites (tertiary alicyclic amines) is 1. The third kappa shape index (κ3) is 6.08. The van der Waals surface area contributed by atoms with Crippen molar-refractivity contribution in [1.82, 2.24) is 15.1 Å². The number of carbonyl (C=O) groups is 2. The number of nitrogens with zero attached hydrogens (tertiary/aromatic N) is 2. The van der Waals surface area contributed by atoms with Crippen molar-refractivity contribution in [1.29, 1.82) is 0 Å². The average Bonchev–Trinajstić information content (AvgIpc) is 2.88. The van der Waals surface area contributed by atoms with E-state index in [9.17, 15) is 9.59 Å². The summed E-state index contributed by atoms with van der Waals surface area (Å²) in [6.07, 6.45) is 3.56. The number of hydrogen-bond donors (Lipinski definition) is 1. The van der Waals surface area contributed by atoms with Crippen LogP contribution in [0.5, 0.6) is 5.75 Å². The van der Waals surface area contributed by atoms with Crippen LogP contribution >= 0.6 is 0 Å². The minimum atomic E-state index is -0.125. The van der Waals surface area contributed by atoms with Crippen molar-refractivity contribution in [3.05, 3.63) is 65.7 Å². The Morgan fingerprint density at radius 3 is 2.53 bits per heavy atom. The number of ether oxygens (including phenoxy) is 2. The standard InChI is InChI=1S/C27H35N3O4/c1-33-24-11-7-10-23(18-24)26(21-8-3-2-4-9-21)22-12-16-29(17-13-22)27(32)30-15-6-5-14-28-25(31)19-34-20-30/h2-4,7-11,18,22,26H,5-6,12-17,19-20H2,1H3,(H,28,31). The molecule has 2 fully saturated rings. The molecule has 0 aliphatic carbocycles. The Morgan fingerprint density at radius 1 is 1.00 bits per heavy atom. The minimum Gasteiger partial charge on any atom is -0.497 e. The van der Waals surface area contributed by atoms with Crippen molar-refractivity contribution in [2.75, 3.05) is 46.6 Å². The maximum absolute atomic E-state index is 13.3. The molecular weight excluding hydrogens is 430 g/mol. The van der Waals surface area contributed by atoms with Crippen LogP contribution in [-0.4, -0.2) is 68.4 Å². The lowest BCUT2D eigenvalue weighted by molar-refractivity contribution is -0.127. The van der Waals surface area contributed by atoms with Crippen LogP contribution in [0.25, 0.3) is 0 Å². The zero-order chi connectivity index (χ0) is 23.8. The fourth-order valence-corrected chi connectivity index (χ4v) is 5.03. The van der Waals surface area contributed by atoms with E-state index in [-0.39, 0.29) is 31.2 Å². The van der Waals surface area contributed by atoms with Gasteiger partial charge in [0.25, 0.3) is 0 Å². The first-order valence-corrected chi connectivity index (χ1v) is 12.2. The van der Waals surface area contributed by atoms with Gasteiger partial charge in [0.15, 0.2) is 0 Å². The number of rotatable bonds is 4. The first kappa shape index (κ1) is 24.1. The summed E-state index contributed by atoms with van der Waals surface area (Å²) in [7, 11) is 1.70. The van der Waals surface area contributed by atoms with E-state index >= 15 is 0 Å². The van der Waals surface area contributed by atoms with E-state index in [0.717, 1.165) is 31.4 Å². The molecule has 0 radical (unpaired) electrons. The number of amides is 3. The molecule has 2 aromatic rings. The second-order valence-corrected chi connectivity index (χ2v) is 9.07. The van der Waals surface area contributed by atoms with Crippen LogP contribution in [0.3, 0.4) is 0 Å². The molecule has 7 heteroatoms. The fourth-order valence-electron chi connectivity index (χ4n) is 5.03. The van der Waals surface area contributed by atoms with Gasteiger partial charge in [-0.25, -0.2) is 4.79 Å². The summed E-state index contributed by atoms with van der Waals surface area (Å²) >= 11 is 0. The van der Waals surface area contributed by atoms with E-state index in [1.165, 1.54) is 11.1 Å². The molecule has 1 atom stereocenters. The first-order chi connectivity index (χ1) is 16.7. The quantitative estimate of drug-likeness (QED) is 0.745. The Hall–Kier alpha value is -3.06. The van der Waals surface area contributed by atoms with Crippen LogP contribution in [0, 0.1) is 5.92 Å². The molecule has 1 N–H and O–H groups in total. The SMILES string of the molecule is COc1cccc(C(c2ccccc2)C2CCN(C(=O)N3CCCCNC(=O)COC3)CC2)c1. The summed E-state index contributed by atoms with van der Waals surface area (Å²) in [5.41, 5.74) is 2.54. The number of hydrogen-bond acceptors (Lipinski definition) is 4. The van der Waals surface area contributed by atoms with E-state index in [1.54, 1.807) is 12.0 Å². The average molecular weight is 466 g/mol. The second-order valence-electron chi connectivity index (χ2n) is 9.07. The second kappa shape index (κ2) is 11.9. The zero-order valence-electron chi connectivity index (χ0n) is 19.9. The van der Waals surface area contributed by atoms with Gasteiger partial charge >= 0.3 is 6.03 Å². The van der Waals surface area contributed by atoms with Crippen molar-refractivity contribution < 1.29 is 19.1 Å². The third-order valence-corrected chi connectivity index (χ3v) is 6.82. The lowest BCUT2D eigenvalue weighted by Gasteiger charge is -2.39. The van der Waals surface area contributed by atoms with Gasteiger partial charge in [0.05, 0.1) is 7.11 Å². The molecule has 2 heterocycles. The largest absolute Gasteiger partial charge is 0.497 e. The predicted molar refractivity (Wildman–Crippen MR) is 131 cm³/mol. The molecule has 2 saturated heterocycles. The molecule has 182 valence electrons. The van der Waals surface area contributed by atoms with Crippen LogP contribution in [0.15, 0.2) is 54.6 Å². The zero-order valence-corrected chi connectivity index (χ0v) is 19.9. The Balaban J connectivity index is 1.43. The summed E-state index contributed by atoms with van der Waals surface area (Å²) < 4.78 is 11.0. The van der Waals surface area contributed by atoms with Crippen molar-refractivity contribution in [2.24, 2.45) is 5.92 Å². The highest BCUT2D eigenvalue weighted by molar-refractivity contribution is 5.77. The van der Waals surface area contributed by atoms with Crippen LogP contribution < -0.4 is 10.1 Å². The summed E-state index contributed by atoms with van der Waals surface area (Å²) in [6, 6.07) is 19.0. The molecule has 7 nitrogen and oxygen atoms in total. The van der Waals surface area contributed by atoms with Crippen molar-refractivity contribution >= 4 is 11.9 Å². The van der Waals surface area contributed by atoms with Gasteiger partial charge in [0, 0.05) is 32.1 Å². The van der Waals surface area contributed by atoms with Gasteiger partial charge in [-0.1, -0.05) is 42.5 Å². The first-order valence-electron chi connectivity index (χ1n) is 12.2. The normalized spacial score (nSPS) is 19.3. The molecule has 4 rings (SSSR count). The number of nitrogens with one attached hydrogen (secondary N) is 1. The molecule has 2 aliphatic heterocycles. The van der Waals surface area contributed by atoms with Crippen LogP contribution in [-0.2, 0) is 9.53 Å². The smallest absolute Gasteiger partial charge is 0.321 e. The minimum absolute atomic E-state index is 0.00878. The third-order valence-electron chi connectivity index (χ3n) is 6.82. The van der Waals surface area contributed by atoms with Crippen molar-refractivity contribution in [3.8, 4) is 5.75 Å². The number of piperidine rings is 1.